The van der Waals surface area contributed by atoms with E-state index in [2.05, 4.69) is 15.3 Å². The summed E-state index contributed by atoms with van der Waals surface area (Å²) < 4.78 is 49.0. The second-order valence-electron chi connectivity index (χ2n) is 5.85. The number of halogens is 3. The van der Waals surface area contributed by atoms with Gasteiger partial charge in [0.2, 0.25) is 0 Å². The molecule has 0 atom stereocenters. The highest BCUT2D eigenvalue weighted by Gasteiger charge is 2.29. The molecular weight excluding hydrogens is 359 g/mol. The average molecular weight is 373 g/mol. The number of ether oxygens (including phenoxy) is 2. The molecule has 0 spiro atoms. The zero-order chi connectivity index (χ0) is 18.9. The summed E-state index contributed by atoms with van der Waals surface area (Å²) in [5.74, 6) is 1.80. The molecule has 0 fully saturated rings. The quantitative estimate of drug-likeness (QED) is 0.723. The summed E-state index contributed by atoms with van der Waals surface area (Å²) in [6.07, 6.45) is -2.97. The van der Waals surface area contributed by atoms with Gasteiger partial charge in [0.1, 0.15) is 25.4 Å². The van der Waals surface area contributed by atoms with Crippen molar-refractivity contribution in [1.29, 1.82) is 0 Å². The van der Waals surface area contributed by atoms with E-state index in [9.17, 15) is 13.2 Å². The summed E-state index contributed by atoms with van der Waals surface area (Å²) in [6.45, 7) is 1.00. The molecule has 2 heterocycles. The fourth-order valence-corrected chi connectivity index (χ4v) is 2.68. The minimum atomic E-state index is -4.36. The number of nitrogens with zero attached hydrogens (tertiary/aromatic N) is 2. The third-order valence-corrected chi connectivity index (χ3v) is 3.99. The van der Waals surface area contributed by atoms with E-state index < -0.39 is 11.7 Å². The summed E-state index contributed by atoms with van der Waals surface area (Å²) in [4.78, 5) is 8.37. The maximum atomic E-state index is 12.6. The van der Waals surface area contributed by atoms with Crippen LogP contribution in [0.2, 0.25) is 0 Å². The summed E-state index contributed by atoms with van der Waals surface area (Å²) in [7, 11) is 0. The summed E-state index contributed by atoms with van der Waals surface area (Å²) in [6, 6.07) is 12.0. The first-order chi connectivity index (χ1) is 13.0. The number of hydrogen-bond acceptors (Lipinski definition) is 5. The minimum Gasteiger partial charge on any atom is -0.486 e. The largest absolute Gasteiger partial charge is 0.486 e. The van der Waals surface area contributed by atoms with Gasteiger partial charge in [0.15, 0.2) is 11.5 Å². The molecule has 0 aliphatic carbocycles. The van der Waals surface area contributed by atoms with E-state index in [0.29, 0.717) is 41.9 Å². The van der Waals surface area contributed by atoms with E-state index in [0.717, 1.165) is 17.7 Å². The van der Waals surface area contributed by atoms with Gasteiger partial charge in [-0.2, -0.15) is 13.2 Å². The third kappa shape index (κ3) is 3.79. The van der Waals surface area contributed by atoms with Crippen LogP contribution in [0, 0.1) is 0 Å². The van der Waals surface area contributed by atoms with Crippen LogP contribution in [-0.2, 0) is 6.18 Å². The van der Waals surface area contributed by atoms with Gasteiger partial charge in [-0.15, -0.1) is 0 Å². The molecule has 1 aliphatic heterocycles. The molecule has 1 N–H and O–H groups in total. The van der Waals surface area contributed by atoms with Crippen molar-refractivity contribution in [1.82, 2.24) is 9.97 Å². The number of aromatic nitrogens is 2. The SMILES string of the molecule is FC(F)(F)c1ccc(Nc2cc(-c3ccc4c(c3)OCCO4)ncn2)cc1. The van der Waals surface area contributed by atoms with E-state index in [1.165, 1.54) is 18.5 Å². The minimum absolute atomic E-state index is 0.467. The Morgan fingerprint density at radius 2 is 1.59 bits per heavy atom. The smallest absolute Gasteiger partial charge is 0.416 e. The number of anilines is 2. The van der Waals surface area contributed by atoms with E-state index in [-0.39, 0.29) is 0 Å². The molecule has 2 aromatic carbocycles. The van der Waals surface area contributed by atoms with E-state index >= 15 is 0 Å². The molecule has 1 aromatic heterocycles. The van der Waals surface area contributed by atoms with Crippen molar-refractivity contribution >= 4 is 11.5 Å². The van der Waals surface area contributed by atoms with E-state index in [1.54, 1.807) is 6.07 Å². The first kappa shape index (κ1) is 17.1. The zero-order valence-electron chi connectivity index (χ0n) is 14.0. The molecular formula is C19H14F3N3O2. The molecule has 5 nitrogen and oxygen atoms in total. The lowest BCUT2D eigenvalue weighted by Crippen LogP contribution is -2.15. The summed E-state index contributed by atoms with van der Waals surface area (Å²) in [5.41, 5.74) is 1.26. The number of fused-ring (bicyclic) bond motifs is 1. The number of rotatable bonds is 3. The van der Waals surface area contributed by atoms with Crippen molar-refractivity contribution in [3.05, 3.63) is 60.4 Å². The molecule has 0 amide bonds. The van der Waals surface area contributed by atoms with Gasteiger partial charge in [-0.1, -0.05) is 0 Å². The van der Waals surface area contributed by atoms with Gasteiger partial charge in [0.25, 0.3) is 0 Å². The lowest BCUT2D eigenvalue weighted by atomic mass is 10.1. The van der Waals surface area contributed by atoms with Crippen molar-refractivity contribution < 1.29 is 22.6 Å². The summed E-state index contributed by atoms with van der Waals surface area (Å²) in [5, 5.41) is 2.98. The van der Waals surface area contributed by atoms with Crippen LogP contribution in [0.3, 0.4) is 0 Å². The molecule has 8 heteroatoms. The topological polar surface area (TPSA) is 56.3 Å². The Morgan fingerprint density at radius 1 is 0.852 bits per heavy atom. The van der Waals surface area contributed by atoms with Crippen LogP contribution < -0.4 is 14.8 Å². The van der Waals surface area contributed by atoms with Gasteiger partial charge in [-0.25, -0.2) is 9.97 Å². The fraction of sp³-hybridized carbons (Fsp3) is 0.158. The molecule has 3 aromatic rings. The third-order valence-electron chi connectivity index (χ3n) is 3.99. The Hall–Kier alpha value is -3.29. The normalized spacial score (nSPS) is 13.3. The highest BCUT2D eigenvalue weighted by molar-refractivity contribution is 5.68. The Labute approximate surface area is 152 Å². The average Bonchev–Trinajstić information content (AvgIpc) is 2.67. The predicted octanol–water partition coefficient (Wildman–Crippen LogP) is 4.68. The molecule has 0 saturated carbocycles. The van der Waals surface area contributed by atoms with Gasteiger partial charge >= 0.3 is 6.18 Å². The van der Waals surface area contributed by atoms with Gasteiger partial charge < -0.3 is 14.8 Å². The highest BCUT2D eigenvalue weighted by atomic mass is 19.4. The van der Waals surface area contributed by atoms with Gasteiger partial charge in [0, 0.05) is 17.3 Å². The standard InChI is InChI=1S/C19H14F3N3O2/c20-19(21,22)13-2-4-14(5-3-13)25-18-10-15(23-11-24-18)12-1-6-16-17(9-12)27-8-7-26-16/h1-6,9-11H,7-8H2,(H,23,24,25). The first-order valence-electron chi connectivity index (χ1n) is 8.15. The number of benzene rings is 2. The van der Waals surface area contributed by atoms with Crippen molar-refractivity contribution in [3.63, 3.8) is 0 Å². The van der Waals surface area contributed by atoms with Gasteiger partial charge in [-0.05, 0) is 42.5 Å². The number of alkyl halides is 3. The molecule has 0 bridgehead atoms. The van der Waals surface area contributed by atoms with Crippen molar-refractivity contribution in [3.8, 4) is 22.8 Å². The lowest BCUT2D eigenvalue weighted by molar-refractivity contribution is -0.137. The second kappa shape index (κ2) is 6.79. The van der Waals surface area contributed by atoms with E-state index in [4.69, 9.17) is 9.47 Å². The number of hydrogen-bond donors (Lipinski definition) is 1. The van der Waals surface area contributed by atoms with Crippen molar-refractivity contribution in [2.45, 2.75) is 6.18 Å². The molecule has 138 valence electrons. The van der Waals surface area contributed by atoms with Crippen LogP contribution in [0.4, 0.5) is 24.7 Å². The van der Waals surface area contributed by atoms with Crippen LogP contribution in [0.1, 0.15) is 5.56 Å². The zero-order valence-corrected chi connectivity index (χ0v) is 14.0. The lowest BCUT2D eigenvalue weighted by Gasteiger charge is -2.18. The molecule has 4 rings (SSSR count). The maximum absolute atomic E-state index is 12.6. The van der Waals surface area contributed by atoms with Crippen molar-refractivity contribution in [2.75, 3.05) is 18.5 Å². The molecule has 0 radical (unpaired) electrons. The van der Waals surface area contributed by atoms with Crippen LogP contribution in [0.5, 0.6) is 11.5 Å². The highest BCUT2D eigenvalue weighted by Crippen LogP contribution is 2.34. The molecule has 27 heavy (non-hydrogen) atoms. The van der Waals surface area contributed by atoms with E-state index in [1.807, 2.05) is 18.2 Å². The van der Waals surface area contributed by atoms with Gasteiger partial charge in [0.05, 0.1) is 11.3 Å². The Bertz CT molecular complexity index is 959. The number of nitrogens with one attached hydrogen (secondary N) is 1. The van der Waals surface area contributed by atoms with Gasteiger partial charge in [-0.3, -0.25) is 0 Å². The Morgan fingerprint density at radius 3 is 2.33 bits per heavy atom. The molecule has 0 unspecified atom stereocenters. The maximum Gasteiger partial charge on any atom is 0.416 e. The first-order valence-corrected chi connectivity index (χ1v) is 8.15. The Balaban J connectivity index is 1.56. The van der Waals surface area contributed by atoms with Crippen LogP contribution in [0.25, 0.3) is 11.3 Å². The van der Waals surface area contributed by atoms with Crippen LogP contribution in [0.15, 0.2) is 54.9 Å². The molecule has 1 aliphatic rings. The molecule has 0 saturated heterocycles. The van der Waals surface area contributed by atoms with Crippen LogP contribution >= 0.6 is 0 Å². The monoisotopic (exact) mass is 373 g/mol. The van der Waals surface area contributed by atoms with Crippen molar-refractivity contribution in [2.24, 2.45) is 0 Å². The Kier molecular flexibility index (Phi) is 4.31. The summed E-state index contributed by atoms with van der Waals surface area (Å²) >= 11 is 0. The fourth-order valence-electron chi connectivity index (χ4n) is 2.68. The predicted molar refractivity (Wildman–Crippen MR) is 93.2 cm³/mol. The second-order valence-corrected chi connectivity index (χ2v) is 5.85. The van der Waals surface area contributed by atoms with Crippen LogP contribution in [-0.4, -0.2) is 23.2 Å².